The molecule has 0 saturated carbocycles. The Morgan fingerprint density at radius 1 is 1.12 bits per heavy atom. The zero-order valence-corrected chi connectivity index (χ0v) is 14.7. The second-order valence-electron chi connectivity index (χ2n) is 5.60. The molecule has 6 nitrogen and oxygen atoms in total. The third kappa shape index (κ3) is 4.09. The number of H-pyrrole nitrogens is 1. The zero-order chi connectivity index (χ0) is 17.6. The molecule has 3 rings (SSSR count). The lowest BCUT2D eigenvalue weighted by atomic mass is 10.1. The third-order valence-electron chi connectivity index (χ3n) is 3.74. The largest absolute Gasteiger partial charge is 0.493 e. The highest BCUT2D eigenvalue weighted by atomic mass is 16.5. The van der Waals surface area contributed by atoms with Gasteiger partial charge in [-0.05, 0) is 43.7 Å². The van der Waals surface area contributed by atoms with Gasteiger partial charge in [0, 0.05) is 17.8 Å². The number of nitrogens with one attached hydrogen (secondary N) is 2. The van der Waals surface area contributed by atoms with E-state index < -0.39 is 0 Å². The van der Waals surface area contributed by atoms with Crippen LogP contribution in [0.4, 0.5) is 5.69 Å². The molecule has 0 saturated heterocycles. The van der Waals surface area contributed by atoms with Gasteiger partial charge in [0.15, 0.2) is 17.3 Å². The van der Waals surface area contributed by atoms with Gasteiger partial charge in [-0.2, -0.15) is 5.10 Å². The first-order valence-electron chi connectivity index (χ1n) is 8.22. The Kier molecular flexibility index (Phi) is 5.18. The number of aryl methyl sites for hydroxylation is 1. The predicted octanol–water partition coefficient (Wildman–Crippen LogP) is 3.80. The fourth-order valence-corrected chi connectivity index (χ4v) is 2.54. The number of anilines is 1. The lowest BCUT2D eigenvalue weighted by Gasteiger charge is -2.12. The number of aromatic nitrogens is 3. The van der Waals surface area contributed by atoms with Gasteiger partial charge in [-0.15, -0.1) is 0 Å². The van der Waals surface area contributed by atoms with E-state index >= 15 is 0 Å². The summed E-state index contributed by atoms with van der Waals surface area (Å²) in [4.78, 5) is 4.37. The molecule has 0 radical (unpaired) electrons. The molecular weight excluding hydrogens is 316 g/mol. The monoisotopic (exact) mass is 338 g/mol. The summed E-state index contributed by atoms with van der Waals surface area (Å²) in [6.45, 7) is 5.14. The summed E-state index contributed by atoms with van der Waals surface area (Å²) in [5.74, 6) is 3.00. The molecule has 0 unspecified atom stereocenters. The number of ether oxygens (including phenoxy) is 2. The maximum Gasteiger partial charge on any atom is 0.181 e. The van der Waals surface area contributed by atoms with Crippen molar-refractivity contribution < 1.29 is 9.47 Å². The molecular formula is C19H22N4O2. The maximum absolute atomic E-state index is 5.55. The van der Waals surface area contributed by atoms with Gasteiger partial charge < -0.3 is 14.8 Å². The molecule has 2 N–H and O–H groups in total. The van der Waals surface area contributed by atoms with Crippen LogP contribution in [0, 0.1) is 6.92 Å². The molecule has 0 spiro atoms. The van der Waals surface area contributed by atoms with Crippen molar-refractivity contribution >= 4 is 5.69 Å². The lowest BCUT2D eigenvalue weighted by Crippen LogP contribution is -2.01. The van der Waals surface area contributed by atoms with E-state index in [2.05, 4.69) is 20.5 Å². The van der Waals surface area contributed by atoms with Crippen molar-refractivity contribution in [1.82, 2.24) is 15.2 Å². The Labute approximate surface area is 147 Å². The molecule has 0 atom stereocenters. The van der Waals surface area contributed by atoms with Gasteiger partial charge in [-0.3, -0.25) is 5.10 Å². The standard InChI is InChI=1S/C19H22N4O2/c1-4-25-17-9-8-14(10-18(17)24-3)12-20-16-7-5-6-15(11-16)19-21-13(2)22-23-19/h5-11,20H,4,12H2,1-3H3,(H,21,22,23). The molecule has 0 aliphatic carbocycles. The summed E-state index contributed by atoms with van der Waals surface area (Å²) in [5.41, 5.74) is 3.09. The molecule has 1 aromatic heterocycles. The molecule has 0 aliphatic rings. The van der Waals surface area contributed by atoms with Crippen LogP contribution in [0.15, 0.2) is 42.5 Å². The average Bonchev–Trinajstić information content (AvgIpc) is 3.08. The molecule has 25 heavy (non-hydrogen) atoms. The first kappa shape index (κ1) is 16.8. The van der Waals surface area contributed by atoms with Gasteiger partial charge >= 0.3 is 0 Å². The van der Waals surface area contributed by atoms with E-state index in [1.165, 1.54) is 0 Å². The summed E-state index contributed by atoms with van der Waals surface area (Å²) in [7, 11) is 1.65. The number of methoxy groups -OCH3 is 1. The third-order valence-corrected chi connectivity index (χ3v) is 3.74. The lowest BCUT2D eigenvalue weighted by molar-refractivity contribution is 0.310. The SMILES string of the molecule is CCOc1ccc(CNc2cccc(-c3n[nH]c(C)n3)c2)cc1OC. The van der Waals surface area contributed by atoms with Crippen LogP contribution in [0.3, 0.4) is 0 Å². The zero-order valence-electron chi connectivity index (χ0n) is 14.7. The summed E-state index contributed by atoms with van der Waals surface area (Å²) >= 11 is 0. The van der Waals surface area contributed by atoms with Gasteiger partial charge in [-0.25, -0.2) is 4.98 Å². The molecule has 3 aromatic rings. The van der Waals surface area contributed by atoms with Crippen LogP contribution in [-0.2, 0) is 6.54 Å². The van der Waals surface area contributed by atoms with Crippen LogP contribution in [0.1, 0.15) is 18.3 Å². The smallest absolute Gasteiger partial charge is 0.181 e. The second kappa shape index (κ2) is 7.70. The molecule has 0 aliphatic heterocycles. The van der Waals surface area contributed by atoms with E-state index in [1.807, 2.05) is 56.3 Å². The van der Waals surface area contributed by atoms with Crippen LogP contribution in [0.25, 0.3) is 11.4 Å². The summed E-state index contributed by atoms with van der Waals surface area (Å²) in [6.07, 6.45) is 0. The number of hydrogen-bond donors (Lipinski definition) is 2. The van der Waals surface area contributed by atoms with Gasteiger partial charge in [0.05, 0.1) is 13.7 Å². The molecule has 2 aromatic carbocycles. The predicted molar refractivity (Wildman–Crippen MR) is 98.0 cm³/mol. The fourth-order valence-electron chi connectivity index (χ4n) is 2.54. The second-order valence-corrected chi connectivity index (χ2v) is 5.60. The Morgan fingerprint density at radius 2 is 2.00 bits per heavy atom. The number of nitrogens with zero attached hydrogens (tertiary/aromatic N) is 2. The van der Waals surface area contributed by atoms with Crippen molar-refractivity contribution in [3.63, 3.8) is 0 Å². The van der Waals surface area contributed by atoms with E-state index in [9.17, 15) is 0 Å². The first-order chi connectivity index (χ1) is 12.2. The number of hydrogen-bond acceptors (Lipinski definition) is 5. The van der Waals surface area contributed by atoms with Crippen molar-refractivity contribution in [2.24, 2.45) is 0 Å². The molecule has 0 bridgehead atoms. The molecule has 1 heterocycles. The highest BCUT2D eigenvalue weighted by Gasteiger charge is 2.07. The average molecular weight is 338 g/mol. The van der Waals surface area contributed by atoms with E-state index in [0.717, 1.165) is 34.1 Å². The summed E-state index contributed by atoms with van der Waals surface area (Å²) in [5, 5.41) is 10.5. The molecule has 130 valence electrons. The molecule has 0 amide bonds. The van der Waals surface area contributed by atoms with Crippen molar-refractivity contribution in [3.05, 3.63) is 53.9 Å². The first-order valence-corrected chi connectivity index (χ1v) is 8.22. The number of benzene rings is 2. The van der Waals surface area contributed by atoms with Crippen LogP contribution in [0.5, 0.6) is 11.5 Å². The minimum absolute atomic E-state index is 0.613. The van der Waals surface area contributed by atoms with E-state index in [1.54, 1.807) is 7.11 Å². The van der Waals surface area contributed by atoms with E-state index in [0.29, 0.717) is 19.0 Å². The number of rotatable bonds is 7. The van der Waals surface area contributed by atoms with Crippen LogP contribution in [0.2, 0.25) is 0 Å². The van der Waals surface area contributed by atoms with E-state index in [4.69, 9.17) is 9.47 Å². The Morgan fingerprint density at radius 3 is 2.72 bits per heavy atom. The minimum Gasteiger partial charge on any atom is -0.493 e. The van der Waals surface area contributed by atoms with Crippen molar-refractivity contribution in [2.75, 3.05) is 19.0 Å². The fraction of sp³-hybridized carbons (Fsp3) is 0.263. The summed E-state index contributed by atoms with van der Waals surface area (Å²) < 4.78 is 10.9. The van der Waals surface area contributed by atoms with Crippen molar-refractivity contribution in [3.8, 4) is 22.9 Å². The van der Waals surface area contributed by atoms with Crippen LogP contribution >= 0.6 is 0 Å². The van der Waals surface area contributed by atoms with E-state index in [-0.39, 0.29) is 0 Å². The van der Waals surface area contributed by atoms with Crippen molar-refractivity contribution in [1.29, 1.82) is 0 Å². The Balaban J connectivity index is 1.71. The Hall–Kier alpha value is -3.02. The Bertz CT molecular complexity index is 845. The minimum atomic E-state index is 0.613. The van der Waals surface area contributed by atoms with Crippen LogP contribution < -0.4 is 14.8 Å². The van der Waals surface area contributed by atoms with Gasteiger partial charge in [0.2, 0.25) is 0 Å². The van der Waals surface area contributed by atoms with Gasteiger partial charge in [0.25, 0.3) is 0 Å². The topological polar surface area (TPSA) is 72.1 Å². The maximum atomic E-state index is 5.55. The van der Waals surface area contributed by atoms with Crippen molar-refractivity contribution in [2.45, 2.75) is 20.4 Å². The highest BCUT2D eigenvalue weighted by Crippen LogP contribution is 2.28. The van der Waals surface area contributed by atoms with Gasteiger partial charge in [0.1, 0.15) is 5.82 Å². The quantitative estimate of drug-likeness (QED) is 0.685. The normalized spacial score (nSPS) is 10.5. The highest BCUT2D eigenvalue weighted by molar-refractivity contribution is 5.62. The van der Waals surface area contributed by atoms with Gasteiger partial charge in [-0.1, -0.05) is 18.2 Å². The summed E-state index contributed by atoms with van der Waals surface area (Å²) in [6, 6.07) is 14.0. The van der Waals surface area contributed by atoms with Crippen LogP contribution in [-0.4, -0.2) is 28.9 Å². The molecule has 6 heteroatoms. The number of aromatic amines is 1. The molecule has 0 fully saturated rings.